The van der Waals surface area contributed by atoms with Crippen molar-refractivity contribution in [1.29, 1.82) is 0 Å². The van der Waals surface area contributed by atoms with Crippen molar-refractivity contribution >= 4 is 5.78 Å². The molecule has 0 saturated carbocycles. The molecule has 0 unspecified atom stereocenters. The van der Waals surface area contributed by atoms with Crippen LogP contribution in [0, 0.1) is 11.8 Å². The van der Waals surface area contributed by atoms with E-state index >= 15 is 0 Å². The van der Waals surface area contributed by atoms with Crippen molar-refractivity contribution in [3.63, 3.8) is 0 Å². The van der Waals surface area contributed by atoms with Crippen molar-refractivity contribution in [2.45, 2.75) is 33.6 Å². The van der Waals surface area contributed by atoms with E-state index in [1.54, 1.807) is 0 Å². The molecule has 1 nitrogen and oxygen atoms in total. The highest BCUT2D eigenvalue weighted by atomic mass is 16.1. The fourth-order valence-electron chi connectivity index (χ4n) is 1.72. The van der Waals surface area contributed by atoms with Crippen LogP contribution in [0.3, 0.4) is 0 Å². The van der Waals surface area contributed by atoms with Crippen LogP contribution in [0.2, 0.25) is 0 Å². The molecular formula is C10H16O. The van der Waals surface area contributed by atoms with Crippen LogP contribution in [-0.2, 0) is 4.79 Å². The van der Waals surface area contributed by atoms with Gasteiger partial charge in [-0.05, 0) is 24.8 Å². The summed E-state index contributed by atoms with van der Waals surface area (Å²) < 4.78 is 0. The molecule has 1 heteroatoms. The maximum absolute atomic E-state index is 11.2. The SMILES string of the molecule is CCC1=CC(=O)[C@@H](C)C[C@H]1C. The smallest absolute Gasteiger partial charge is 0.158 e. The van der Waals surface area contributed by atoms with Gasteiger partial charge >= 0.3 is 0 Å². The summed E-state index contributed by atoms with van der Waals surface area (Å²) in [5.41, 5.74) is 1.33. The molecule has 0 aromatic rings. The Hall–Kier alpha value is -0.590. The Balaban J connectivity index is 2.79. The first-order chi connectivity index (χ1) is 5.15. The van der Waals surface area contributed by atoms with Crippen molar-refractivity contribution in [1.82, 2.24) is 0 Å². The summed E-state index contributed by atoms with van der Waals surface area (Å²) in [7, 11) is 0. The van der Waals surface area contributed by atoms with Gasteiger partial charge in [0, 0.05) is 5.92 Å². The third-order valence-electron chi connectivity index (χ3n) is 2.56. The third kappa shape index (κ3) is 1.70. The highest BCUT2D eigenvalue weighted by Gasteiger charge is 2.22. The van der Waals surface area contributed by atoms with Crippen molar-refractivity contribution in [2.75, 3.05) is 0 Å². The lowest BCUT2D eigenvalue weighted by atomic mass is 9.81. The minimum Gasteiger partial charge on any atom is -0.295 e. The van der Waals surface area contributed by atoms with E-state index < -0.39 is 0 Å². The van der Waals surface area contributed by atoms with Gasteiger partial charge in [0.1, 0.15) is 0 Å². The molecule has 2 atom stereocenters. The Bertz CT molecular complexity index is 191. The zero-order valence-electron chi connectivity index (χ0n) is 7.55. The van der Waals surface area contributed by atoms with Gasteiger partial charge in [-0.15, -0.1) is 0 Å². The minimum atomic E-state index is 0.250. The zero-order chi connectivity index (χ0) is 8.43. The molecule has 0 bridgehead atoms. The number of rotatable bonds is 1. The molecule has 0 aromatic carbocycles. The molecule has 0 saturated heterocycles. The summed E-state index contributed by atoms with van der Waals surface area (Å²) in [4.78, 5) is 11.2. The maximum atomic E-state index is 11.2. The van der Waals surface area contributed by atoms with E-state index in [1.807, 2.05) is 13.0 Å². The summed E-state index contributed by atoms with van der Waals surface area (Å²) in [5, 5.41) is 0. The van der Waals surface area contributed by atoms with Crippen LogP contribution in [0.5, 0.6) is 0 Å². The van der Waals surface area contributed by atoms with E-state index in [0.717, 1.165) is 12.8 Å². The van der Waals surface area contributed by atoms with E-state index in [0.29, 0.717) is 11.7 Å². The van der Waals surface area contributed by atoms with Crippen LogP contribution in [0.25, 0.3) is 0 Å². The van der Waals surface area contributed by atoms with Crippen LogP contribution in [-0.4, -0.2) is 5.78 Å². The quantitative estimate of drug-likeness (QED) is 0.564. The zero-order valence-corrected chi connectivity index (χ0v) is 7.55. The molecule has 0 amide bonds. The first-order valence-electron chi connectivity index (χ1n) is 4.39. The topological polar surface area (TPSA) is 17.1 Å². The van der Waals surface area contributed by atoms with Crippen molar-refractivity contribution in [3.8, 4) is 0 Å². The van der Waals surface area contributed by atoms with Crippen LogP contribution in [0.15, 0.2) is 11.6 Å². The number of ketones is 1. The van der Waals surface area contributed by atoms with Gasteiger partial charge in [0.05, 0.1) is 0 Å². The summed E-state index contributed by atoms with van der Waals surface area (Å²) in [6.07, 6.45) is 3.91. The second kappa shape index (κ2) is 3.21. The molecule has 1 rings (SSSR count). The standard InChI is InChI=1S/C10H16O/c1-4-9-6-10(11)8(3)5-7(9)2/h6-8H,4-5H2,1-3H3/t7-,8+/m1/s1. The average molecular weight is 152 g/mol. The molecule has 0 aliphatic heterocycles. The molecule has 1 aliphatic rings. The Morgan fingerprint density at radius 1 is 1.45 bits per heavy atom. The summed E-state index contributed by atoms with van der Waals surface area (Å²) in [6.45, 7) is 6.34. The first kappa shape index (κ1) is 8.51. The van der Waals surface area contributed by atoms with Crippen molar-refractivity contribution < 1.29 is 4.79 Å². The second-order valence-corrected chi connectivity index (χ2v) is 3.51. The summed E-state index contributed by atoms with van der Waals surface area (Å²) >= 11 is 0. The fraction of sp³-hybridized carbons (Fsp3) is 0.700. The minimum absolute atomic E-state index is 0.250. The number of hydrogen-bond donors (Lipinski definition) is 0. The molecule has 0 N–H and O–H groups in total. The average Bonchev–Trinajstić information content (AvgIpc) is 1.97. The molecule has 0 aromatic heterocycles. The Morgan fingerprint density at radius 2 is 2.09 bits per heavy atom. The molecule has 11 heavy (non-hydrogen) atoms. The predicted octanol–water partition coefficient (Wildman–Crippen LogP) is 2.57. The predicted molar refractivity (Wildman–Crippen MR) is 46.3 cm³/mol. The highest BCUT2D eigenvalue weighted by molar-refractivity contribution is 5.93. The van der Waals surface area contributed by atoms with Gasteiger partial charge in [0.15, 0.2) is 5.78 Å². The maximum Gasteiger partial charge on any atom is 0.158 e. The Morgan fingerprint density at radius 3 is 2.64 bits per heavy atom. The van der Waals surface area contributed by atoms with E-state index in [-0.39, 0.29) is 5.92 Å². The van der Waals surface area contributed by atoms with E-state index in [9.17, 15) is 4.79 Å². The van der Waals surface area contributed by atoms with Gasteiger partial charge in [-0.3, -0.25) is 4.79 Å². The number of hydrogen-bond acceptors (Lipinski definition) is 1. The van der Waals surface area contributed by atoms with Crippen molar-refractivity contribution in [2.24, 2.45) is 11.8 Å². The molecule has 0 radical (unpaired) electrons. The number of allylic oxidation sites excluding steroid dienone is 2. The van der Waals surface area contributed by atoms with E-state index in [1.165, 1.54) is 5.57 Å². The Labute approximate surface area is 68.5 Å². The van der Waals surface area contributed by atoms with Crippen LogP contribution < -0.4 is 0 Å². The third-order valence-corrected chi connectivity index (χ3v) is 2.56. The lowest BCUT2D eigenvalue weighted by molar-refractivity contribution is -0.118. The first-order valence-corrected chi connectivity index (χ1v) is 4.39. The van der Waals surface area contributed by atoms with Crippen LogP contribution in [0.4, 0.5) is 0 Å². The monoisotopic (exact) mass is 152 g/mol. The molecule has 0 spiro atoms. The lowest BCUT2D eigenvalue weighted by Crippen LogP contribution is -2.19. The Kier molecular flexibility index (Phi) is 2.48. The van der Waals surface area contributed by atoms with Gasteiger partial charge in [0.2, 0.25) is 0 Å². The van der Waals surface area contributed by atoms with Gasteiger partial charge in [-0.25, -0.2) is 0 Å². The number of carbonyl (C=O) groups excluding carboxylic acids is 1. The highest BCUT2D eigenvalue weighted by Crippen LogP contribution is 2.27. The summed E-state index contributed by atoms with van der Waals surface area (Å²) in [5.74, 6) is 1.19. The molecular weight excluding hydrogens is 136 g/mol. The van der Waals surface area contributed by atoms with Crippen LogP contribution in [0.1, 0.15) is 33.6 Å². The van der Waals surface area contributed by atoms with Gasteiger partial charge < -0.3 is 0 Å². The van der Waals surface area contributed by atoms with Crippen LogP contribution >= 0.6 is 0 Å². The number of carbonyl (C=O) groups is 1. The fourth-order valence-corrected chi connectivity index (χ4v) is 1.72. The molecule has 0 fully saturated rings. The van der Waals surface area contributed by atoms with E-state index in [2.05, 4.69) is 13.8 Å². The molecule has 1 aliphatic carbocycles. The summed E-state index contributed by atoms with van der Waals surface area (Å²) in [6, 6.07) is 0. The van der Waals surface area contributed by atoms with Crippen molar-refractivity contribution in [3.05, 3.63) is 11.6 Å². The van der Waals surface area contributed by atoms with Gasteiger partial charge in [0.25, 0.3) is 0 Å². The molecule has 62 valence electrons. The van der Waals surface area contributed by atoms with Gasteiger partial charge in [-0.1, -0.05) is 26.3 Å². The van der Waals surface area contributed by atoms with E-state index in [4.69, 9.17) is 0 Å². The largest absolute Gasteiger partial charge is 0.295 e. The normalized spacial score (nSPS) is 31.9. The molecule has 0 heterocycles. The lowest BCUT2D eigenvalue weighted by Gasteiger charge is -2.23. The van der Waals surface area contributed by atoms with Gasteiger partial charge in [-0.2, -0.15) is 0 Å². The second-order valence-electron chi connectivity index (χ2n) is 3.51.